The third kappa shape index (κ3) is 2.94. The topological polar surface area (TPSA) is 78.9 Å². The van der Waals surface area contributed by atoms with E-state index in [9.17, 15) is 14.7 Å². The molecule has 3 rings (SSSR count). The van der Waals surface area contributed by atoms with E-state index in [0.717, 1.165) is 0 Å². The third-order valence-electron chi connectivity index (χ3n) is 3.50. The molecule has 2 aromatic carbocycles. The van der Waals surface area contributed by atoms with Crippen molar-refractivity contribution in [3.63, 3.8) is 0 Å². The summed E-state index contributed by atoms with van der Waals surface area (Å²) in [5.41, 5.74) is 3.73. The first-order chi connectivity index (χ1) is 11.6. The number of para-hydroxylation sites is 1. The van der Waals surface area contributed by atoms with E-state index in [1.807, 2.05) is 6.07 Å². The number of anilines is 1. The lowest BCUT2D eigenvalue weighted by Gasteiger charge is -2.13. The monoisotopic (exact) mass is 324 g/mol. The van der Waals surface area contributed by atoms with Gasteiger partial charge in [0, 0.05) is 0 Å². The molecule has 122 valence electrons. The van der Waals surface area contributed by atoms with Crippen LogP contribution in [-0.2, 0) is 9.59 Å². The van der Waals surface area contributed by atoms with Crippen LogP contribution in [0.3, 0.4) is 0 Å². The fraction of sp³-hybridized carbons (Fsp3) is 0.111. The first kappa shape index (κ1) is 15.6. The maximum absolute atomic E-state index is 12.5. The first-order valence-electron chi connectivity index (χ1n) is 7.48. The van der Waals surface area contributed by atoms with Crippen molar-refractivity contribution in [2.75, 3.05) is 11.6 Å². The van der Waals surface area contributed by atoms with E-state index >= 15 is 0 Å². The van der Waals surface area contributed by atoms with Gasteiger partial charge < -0.3 is 9.84 Å². The Morgan fingerprint density at radius 3 is 2.62 bits per heavy atom. The number of amides is 2. The summed E-state index contributed by atoms with van der Waals surface area (Å²) in [7, 11) is 0. The van der Waals surface area contributed by atoms with Gasteiger partial charge >= 0.3 is 0 Å². The van der Waals surface area contributed by atoms with Crippen LogP contribution in [0.5, 0.6) is 11.5 Å². The Labute approximate surface area is 138 Å². The molecule has 0 spiro atoms. The van der Waals surface area contributed by atoms with Crippen LogP contribution in [0.1, 0.15) is 12.5 Å². The molecule has 2 N–H and O–H groups in total. The average Bonchev–Trinajstić information content (AvgIpc) is 2.87. The first-order valence-corrected chi connectivity index (χ1v) is 7.48. The number of benzene rings is 2. The molecule has 1 saturated heterocycles. The number of phenolic OH excluding ortho intramolecular Hbond substituents is 1. The second-order valence-corrected chi connectivity index (χ2v) is 5.14. The number of hydrazine groups is 1. The number of phenols is 1. The van der Waals surface area contributed by atoms with Crippen molar-refractivity contribution in [3.8, 4) is 11.5 Å². The van der Waals surface area contributed by atoms with Gasteiger partial charge in [-0.3, -0.25) is 15.0 Å². The SMILES string of the molecule is CCOc1cc(/C=C2\C(=O)NN(c3ccccc3)C2=O)ccc1O. The largest absolute Gasteiger partial charge is 0.504 e. The second-order valence-electron chi connectivity index (χ2n) is 5.14. The highest BCUT2D eigenvalue weighted by molar-refractivity contribution is 6.31. The Morgan fingerprint density at radius 2 is 1.92 bits per heavy atom. The number of hydrogen-bond acceptors (Lipinski definition) is 4. The fourth-order valence-corrected chi connectivity index (χ4v) is 2.37. The van der Waals surface area contributed by atoms with Crippen LogP contribution in [0.2, 0.25) is 0 Å². The minimum atomic E-state index is -0.477. The Kier molecular flexibility index (Phi) is 4.20. The third-order valence-corrected chi connectivity index (χ3v) is 3.50. The number of carbonyl (C=O) groups excluding carboxylic acids is 2. The average molecular weight is 324 g/mol. The van der Waals surface area contributed by atoms with Crippen molar-refractivity contribution in [3.05, 3.63) is 59.7 Å². The van der Waals surface area contributed by atoms with E-state index in [1.165, 1.54) is 17.2 Å². The number of carbonyl (C=O) groups is 2. The molecule has 24 heavy (non-hydrogen) atoms. The molecule has 2 aromatic rings. The van der Waals surface area contributed by atoms with Gasteiger partial charge in [-0.05, 0) is 42.8 Å². The fourth-order valence-electron chi connectivity index (χ4n) is 2.37. The number of nitrogens with zero attached hydrogens (tertiary/aromatic N) is 1. The van der Waals surface area contributed by atoms with Crippen LogP contribution >= 0.6 is 0 Å². The maximum Gasteiger partial charge on any atom is 0.282 e. The summed E-state index contributed by atoms with van der Waals surface area (Å²) in [6.07, 6.45) is 1.47. The molecule has 6 heteroatoms. The smallest absolute Gasteiger partial charge is 0.282 e. The summed E-state index contributed by atoms with van der Waals surface area (Å²) in [5, 5.41) is 10.9. The highest BCUT2D eigenvalue weighted by Crippen LogP contribution is 2.28. The molecule has 1 fully saturated rings. The molecule has 2 amide bonds. The van der Waals surface area contributed by atoms with Crippen LogP contribution < -0.4 is 15.2 Å². The van der Waals surface area contributed by atoms with Gasteiger partial charge in [-0.2, -0.15) is 0 Å². The molecule has 1 aliphatic heterocycles. The summed E-state index contributed by atoms with van der Waals surface area (Å²) in [6, 6.07) is 13.5. The summed E-state index contributed by atoms with van der Waals surface area (Å²) in [4.78, 5) is 24.6. The van der Waals surface area contributed by atoms with Gasteiger partial charge in [0.2, 0.25) is 0 Å². The zero-order chi connectivity index (χ0) is 17.1. The number of aromatic hydroxyl groups is 1. The van der Waals surface area contributed by atoms with E-state index < -0.39 is 11.8 Å². The Morgan fingerprint density at radius 1 is 1.17 bits per heavy atom. The minimum Gasteiger partial charge on any atom is -0.504 e. The second kappa shape index (κ2) is 6.45. The van der Waals surface area contributed by atoms with Crippen molar-refractivity contribution in [2.24, 2.45) is 0 Å². The van der Waals surface area contributed by atoms with Crippen LogP contribution in [0, 0.1) is 0 Å². The van der Waals surface area contributed by atoms with Gasteiger partial charge in [-0.15, -0.1) is 0 Å². The summed E-state index contributed by atoms with van der Waals surface area (Å²) in [6.45, 7) is 2.20. The van der Waals surface area contributed by atoms with Gasteiger partial charge in [0.1, 0.15) is 5.57 Å². The van der Waals surface area contributed by atoms with Crippen LogP contribution in [-0.4, -0.2) is 23.5 Å². The molecule has 0 aliphatic carbocycles. The Balaban J connectivity index is 1.92. The van der Waals surface area contributed by atoms with E-state index in [4.69, 9.17) is 4.74 Å². The van der Waals surface area contributed by atoms with E-state index in [-0.39, 0.29) is 11.3 Å². The molecule has 1 heterocycles. The summed E-state index contributed by atoms with van der Waals surface area (Å²) in [5.74, 6) is -0.600. The maximum atomic E-state index is 12.5. The molecule has 0 atom stereocenters. The normalized spacial score (nSPS) is 15.7. The predicted molar refractivity (Wildman–Crippen MR) is 89.3 cm³/mol. The molecular weight excluding hydrogens is 308 g/mol. The Bertz CT molecular complexity index is 815. The molecule has 1 aliphatic rings. The van der Waals surface area contributed by atoms with Crippen molar-refractivity contribution in [1.82, 2.24) is 5.43 Å². The summed E-state index contributed by atoms with van der Waals surface area (Å²) < 4.78 is 5.31. The number of nitrogens with one attached hydrogen (secondary N) is 1. The van der Waals surface area contributed by atoms with Crippen LogP contribution in [0.4, 0.5) is 5.69 Å². The predicted octanol–water partition coefficient (Wildman–Crippen LogP) is 2.25. The highest BCUT2D eigenvalue weighted by Gasteiger charge is 2.34. The summed E-state index contributed by atoms with van der Waals surface area (Å²) >= 11 is 0. The lowest BCUT2D eigenvalue weighted by Crippen LogP contribution is -2.35. The van der Waals surface area contributed by atoms with Crippen molar-refractivity contribution in [1.29, 1.82) is 0 Å². The van der Waals surface area contributed by atoms with Gasteiger partial charge in [0.25, 0.3) is 11.8 Å². The molecule has 0 bridgehead atoms. The van der Waals surface area contributed by atoms with Crippen molar-refractivity contribution >= 4 is 23.6 Å². The van der Waals surface area contributed by atoms with Crippen molar-refractivity contribution < 1.29 is 19.4 Å². The van der Waals surface area contributed by atoms with Crippen LogP contribution in [0.15, 0.2) is 54.1 Å². The Hall–Kier alpha value is -3.28. The molecule has 6 nitrogen and oxygen atoms in total. The van der Waals surface area contributed by atoms with Crippen molar-refractivity contribution in [2.45, 2.75) is 6.92 Å². The van der Waals surface area contributed by atoms with E-state index in [0.29, 0.717) is 23.6 Å². The van der Waals surface area contributed by atoms with Gasteiger partial charge in [-0.25, -0.2) is 5.01 Å². The molecule has 0 unspecified atom stereocenters. The van der Waals surface area contributed by atoms with Gasteiger partial charge in [0.05, 0.1) is 12.3 Å². The number of hydrogen-bond donors (Lipinski definition) is 2. The quantitative estimate of drug-likeness (QED) is 0.668. The number of ether oxygens (including phenoxy) is 1. The standard InChI is InChI=1S/C18H16N2O4/c1-2-24-16-11-12(8-9-15(16)21)10-14-17(22)19-20(18(14)23)13-6-4-3-5-7-13/h3-11,21H,2H2,1H3,(H,19,22)/b14-10+. The zero-order valence-corrected chi connectivity index (χ0v) is 13.0. The number of rotatable bonds is 4. The molecule has 0 aromatic heterocycles. The molecule has 0 saturated carbocycles. The van der Waals surface area contributed by atoms with Gasteiger partial charge in [-0.1, -0.05) is 24.3 Å². The van der Waals surface area contributed by atoms with Gasteiger partial charge in [0.15, 0.2) is 11.5 Å². The highest BCUT2D eigenvalue weighted by atomic mass is 16.5. The van der Waals surface area contributed by atoms with Crippen LogP contribution in [0.25, 0.3) is 6.08 Å². The van der Waals surface area contributed by atoms with E-state index in [2.05, 4.69) is 5.43 Å². The minimum absolute atomic E-state index is 0.00659. The lowest BCUT2D eigenvalue weighted by atomic mass is 10.1. The zero-order valence-electron chi connectivity index (χ0n) is 13.0. The molecule has 0 radical (unpaired) electrons. The lowest BCUT2D eigenvalue weighted by molar-refractivity contribution is -0.117. The van der Waals surface area contributed by atoms with E-state index in [1.54, 1.807) is 43.3 Å². The molecular formula is C18H16N2O4.